The van der Waals surface area contributed by atoms with Crippen LogP contribution in [0.1, 0.15) is 45.9 Å². The van der Waals surface area contributed by atoms with Crippen molar-refractivity contribution >= 4 is 29.2 Å². The van der Waals surface area contributed by atoms with E-state index in [2.05, 4.69) is 25.5 Å². The van der Waals surface area contributed by atoms with E-state index >= 15 is 4.39 Å². The lowest BCUT2D eigenvalue weighted by Gasteiger charge is -2.17. The Kier molecular flexibility index (Phi) is 9.38. The van der Waals surface area contributed by atoms with Gasteiger partial charge in [-0.25, -0.2) is 18.4 Å². The van der Waals surface area contributed by atoms with E-state index in [0.717, 1.165) is 10.5 Å². The van der Waals surface area contributed by atoms with Gasteiger partial charge in [-0.1, -0.05) is 0 Å². The first-order valence-corrected chi connectivity index (χ1v) is 13.6. The highest BCUT2D eigenvalue weighted by Gasteiger charge is 2.21. The Morgan fingerprint density at radius 2 is 2.05 bits per heavy atom. The van der Waals surface area contributed by atoms with Crippen molar-refractivity contribution in [2.75, 3.05) is 32.1 Å². The lowest BCUT2D eigenvalue weighted by molar-refractivity contribution is 0.0160. The van der Waals surface area contributed by atoms with Gasteiger partial charge >= 0.3 is 0 Å². The first-order chi connectivity index (χ1) is 18.7. The summed E-state index contributed by atoms with van der Waals surface area (Å²) in [4.78, 5) is 9.99. The predicted octanol–water partition coefficient (Wildman–Crippen LogP) is 4.84. The molecule has 11 nitrogen and oxygen atoms in total. The van der Waals surface area contributed by atoms with Crippen LogP contribution in [-0.4, -0.2) is 71.7 Å². The summed E-state index contributed by atoms with van der Waals surface area (Å²) in [5.41, 5.74) is 2.53. The first-order valence-electron chi connectivity index (χ1n) is 12.9. The topological polar surface area (TPSA) is 115 Å². The van der Waals surface area contributed by atoms with Crippen molar-refractivity contribution in [1.29, 1.82) is 0 Å². The molecule has 0 radical (unpaired) electrons. The fourth-order valence-corrected chi connectivity index (χ4v) is 4.82. The summed E-state index contributed by atoms with van der Waals surface area (Å²) in [7, 11) is 1.91. The molecule has 1 atom stereocenters. The Hall–Kier alpha value is -3.26. The van der Waals surface area contributed by atoms with Crippen LogP contribution in [0.4, 0.5) is 16.0 Å². The van der Waals surface area contributed by atoms with E-state index < -0.39 is 0 Å². The van der Waals surface area contributed by atoms with E-state index in [4.69, 9.17) is 14.6 Å². The predicted molar refractivity (Wildman–Crippen MR) is 149 cm³/mol. The highest BCUT2D eigenvalue weighted by molar-refractivity contribution is 7.97. The van der Waals surface area contributed by atoms with Gasteiger partial charge in [0.05, 0.1) is 18.0 Å². The van der Waals surface area contributed by atoms with Gasteiger partial charge in [0, 0.05) is 42.0 Å². The molecule has 0 fully saturated rings. The Labute approximate surface area is 231 Å². The Bertz CT molecular complexity index is 1410. The average molecular weight is 559 g/mol. The molecule has 0 aliphatic rings. The van der Waals surface area contributed by atoms with Crippen molar-refractivity contribution in [2.45, 2.75) is 58.3 Å². The van der Waals surface area contributed by atoms with E-state index in [0.29, 0.717) is 42.2 Å². The van der Waals surface area contributed by atoms with Gasteiger partial charge in [-0.15, -0.1) is 5.10 Å². The molecule has 0 spiro atoms. The molecule has 4 rings (SSSR count). The van der Waals surface area contributed by atoms with Crippen molar-refractivity contribution in [3.63, 3.8) is 0 Å². The molecule has 210 valence electrons. The summed E-state index contributed by atoms with van der Waals surface area (Å²) in [5.74, 6) is 0.274. The molecule has 1 unspecified atom stereocenters. The number of hydrogen-bond acceptors (Lipinski definition) is 10. The Balaban J connectivity index is 1.64. The van der Waals surface area contributed by atoms with Crippen molar-refractivity contribution in [2.24, 2.45) is 0 Å². The molecule has 0 saturated heterocycles. The maximum absolute atomic E-state index is 15.3. The minimum Gasteiger partial charge on any atom is -0.485 e. The summed E-state index contributed by atoms with van der Waals surface area (Å²) in [6.45, 7) is 10.8. The molecular formula is C26H35FN8O3S. The van der Waals surface area contributed by atoms with Crippen LogP contribution in [0.15, 0.2) is 35.7 Å². The quantitative estimate of drug-likeness (QED) is 0.221. The summed E-state index contributed by atoms with van der Waals surface area (Å²) in [6, 6.07) is 3.52. The highest BCUT2D eigenvalue weighted by Crippen LogP contribution is 2.34. The first kappa shape index (κ1) is 28.7. The number of halogens is 1. The fourth-order valence-electron chi connectivity index (χ4n) is 3.91. The summed E-state index contributed by atoms with van der Waals surface area (Å²) < 4.78 is 32.3. The van der Waals surface area contributed by atoms with Crippen LogP contribution in [0, 0.1) is 12.7 Å². The number of ether oxygens (including phenoxy) is 2. The summed E-state index contributed by atoms with van der Waals surface area (Å²) >= 11 is 1.44. The standard InChI is InChI=1S/C26H35FN8O3S/c1-7-37-18(5)34-14-19(13-29-34)23-24(38-16(2)3)25-31-26(32-35(25)15-28-23)30-20-9-10-21(17(4)22(20)27)39-33(6)11-8-12-36/h9-10,13-16,18,36H,7-8,11-12H2,1-6H3,(H,30,32). The number of anilines is 2. The maximum Gasteiger partial charge on any atom is 0.247 e. The molecular weight excluding hydrogens is 523 g/mol. The second-order valence-electron chi connectivity index (χ2n) is 9.25. The van der Waals surface area contributed by atoms with Gasteiger partial charge in [0.2, 0.25) is 11.6 Å². The van der Waals surface area contributed by atoms with E-state index in [1.807, 2.05) is 51.3 Å². The van der Waals surface area contributed by atoms with Gasteiger partial charge in [-0.05, 0) is 72.2 Å². The Morgan fingerprint density at radius 1 is 1.26 bits per heavy atom. The average Bonchev–Trinajstić information content (AvgIpc) is 3.55. The van der Waals surface area contributed by atoms with Crippen LogP contribution in [-0.2, 0) is 4.74 Å². The molecule has 0 amide bonds. The SMILES string of the molecule is CCOC(C)n1cc(-c2ncn3nc(Nc4ccc(SN(C)CCCO)c(C)c4F)nc3c2OC(C)C)cn1. The molecule has 2 N–H and O–H groups in total. The normalized spacial score (nSPS) is 12.6. The minimum absolute atomic E-state index is 0.116. The van der Waals surface area contributed by atoms with Gasteiger partial charge in [0.25, 0.3) is 0 Å². The number of nitrogens with one attached hydrogen (secondary N) is 1. The summed E-state index contributed by atoms with van der Waals surface area (Å²) in [6.07, 6.45) is 5.37. The summed E-state index contributed by atoms with van der Waals surface area (Å²) in [5, 5.41) is 20.9. The minimum atomic E-state index is -0.386. The third-order valence-corrected chi connectivity index (χ3v) is 6.96. The lowest BCUT2D eigenvalue weighted by Crippen LogP contribution is -2.12. The lowest BCUT2D eigenvalue weighted by atomic mass is 10.2. The zero-order chi connectivity index (χ0) is 28.1. The van der Waals surface area contributed by atoms with E-state index in [1.165, 1.54) is 16.5 Å². The van der Waals surface area contributed by atoms with Gasteiger partial charge in [-0.3, -0.25) is 0 Å². The fraction of sp³-hybridized carbons (Fsp3) is 0.462. The third kappa shape index (κ3) is 6.67. The largest absolute Gasteiger partial charge is 0.485 e. The van der Waals surface area contributed by atoms with Crippen molar-refractivity contribution in [3.05, 3.63) is 42.2 Å². The van der Waals surface area contributed by atoms with Gasteiger partial charge in [0.15, 0.2) is 11.6 Å². The number of hydrogen-bond donors (Lipinski definition) is 2. The molecule has 3 aromatic heterocycles. The number of nitrogens with zero attached hydrogens (tertiary/aromatic N) is 7. The zero-order valence-corrected chi connectivity index (χ0v) is 23.9. The van der Waals surface area contributed by atoms with Crippen LogP contribution in [0.5, 0.6) is 5.75 Å². The van der Waals surface area contributed by atoms with E-state index in [1.54, 1.807) is 30.2 Å². The second-order valence-corrected chi connectivity index (χ2v) is 10.5. The van der Waals surface area contributed by atoms with Crippen LogP contribution in [0.25, 0.3) is 16.9 Å². The molecule has 0 aliphatic heterocycles. The van der Waals surface area contributed by atoms with Crippen molar-refractivity contribution in [3.8, 4) is 17.0 Å². The molecule has 39 heavy (non-hydrogen) atoms. The number of fused-ring (bicyclic) bond motifs is 1. The highest BCUT2D eigenvalue weighted by atomic mass is 32.2. The van der Waals surface area contributed by atoms with E-state index in [9.17, 15) is 0 Å². The molecule has 0 bridgehead atoms. The monoisotopic (exact) mass is 558 g/mol. The molecule has 0 aliphatic carbocycles. The molecule has 1 aromatic carbocycles. The van der Waals surface area contributed by atoms with Gasteiger partial charge < -0.3 is 19.9 Å². The van der Waals surface area contributed by atoms with Gasteiger partial charge in [-0.2, -0.15) is 14.6 Å². The smallest absolute Gasteiger partial charge is 0.247 e. The number of aromatic nitrogens is 6. The zero-order valence-electron chi connectivity index (χ0n) is 23.1. The van der Waals surface area contributed by atoms with Crippen LogP contribution in [0.2, 0.25) is 0 Å². The third-order valence-electron chi connectivity index (χ3n) is 5.82. The molecule has 13 heteroatoms. The number of rotatable bonds is 13. The Morgan fingerprint density at radius 3 is 2.77 bits per heavy atom. The van der Waals surface area contributed by atoms with Crippen LogP contribution in [0.3, 0.4) is 0 Å². The van der Waals surface area contributed by atoms with Gasteiger partial charge in [0.1, 0.15) is 18.2 Å². The molecule has 3 heterocycles. The molecule has 4 aromatic rings. The number of aliphatic hydroxyl groups is 1. The molecule has 0 saturated carbocycles. The number of aliphatic hydroxyl groups excluding tert-OH is 1. The number of benzene rings is 1. The second kappa shape index (κ2) is 12.7. The van der Waals surface area contributed by atoms with E-state index in [-0.39, 0.29) is 36.4 Å². The van der Waals surface area contributed by atoms with Crippen molar-refractivity contribution in [1.82, 2.24) is 33.7 Å². The van der Waals surface area contributed by atoms with Crippen LogP contribution >= 0.6 is 11.9 Å². The van der Waals surface area contributed by atoms with Crippen molar-refractivity contribution < 1.29 is 19.0 Å². The maximum atomic E-state index is 15.3. The van der Waals surface area contributed by atoms with Crippen LogP contribution < -0.4 is 10.1 Å².